The fourth-order valence-electron chi connectivity index (χ4n) is 3.18. The van der Waals surface area contributed by atoms with Crippen LogP contribution in [0.4, 0.5) is 10.5 Å². The van der Waals surface area contributed by atoms with E-state index < -0.39 is 11.8 Å². The highest BCUT2D eigenvalue weighted by atomic mass is 32.2. The van der Waals surface area contributed by atoms with Crippen LogP contribution in [0.1, 0.15) is 6.42 Å². The fraction of sp³-hybridized carbons (Fsp3) is 0.217. The quantitative estimate of drug-likeness (QED) is 0.191. The van der Waals surface area contributed by atoms with E-state index in [1.165, 1.54) is 33.7 Å². The third-order valence-corrected chi connectivity index (χ3v) is 6.88. The number of aromatic nitrogens is 2. The van der Waals surface area contributed by atoms with Crippen molar-refractivity contribution in [2.24, 2.45) is 0 Å². The molecule has 9 nitrogen and oxygen atoms in total. The van der Waals surface area contributed by atoms with Gasteiger partial charge in [-0.15, -0.1) is 11.3 Å². The first-order chi connectivity index (χ1) is 16.5. The Kier molecular flexibility index (Phi) is 7.65. The molecule has 2 aromatic heterocycles. The fourth-order valence-corrected chi connectivity index (χ4v) is 5.22. The molecule has 11 heteroatoms. The van der Waals surface area contributed by atoms with Crippen LogP contribution in [0.3, 0.4) is 0 Å². The zero-order valence-corrected chi connectivity index (χ0v) is 19.7. The molecule has 34 heavy (non-hydrogen) atoms. The van der Waals surface area contributed by atoms with E-state index >= 15 is 0 Å². The summed E-state index contributed by atoms with van der Waals surface area (Å²) in [6.45, 7) is 4.34. The lowest BCUT2D eigenvalue weighted by Gasteiger charge is -2.05. The van der Waals surface area contributed by atoms with E-state index in [1.54, 1.807) is 24.3 Å². The van der Waals surface area contributed by atoms with Gasteiger partial charge in [0.05, 0.1) is 15.7 Å². The summed E-state index contributed by atoms with van der Waals surface area (Å²) in [7, 11) is 0. The number of nitrogens with zero attached hydrogens (tertiary/aromatic N) is 2. The average molecular weight is 499 g/mol. The van der Waals surface area contributed by atoms with Crippen molar-refractivity contribution in [3.63, 3.8) is 0 Å². The minimum Gasteiger partial charge on any atom is -0.445 e. The van der Waals surface area contributed by atoms with Gasteiger partial charge in [0, 0.05) is 31.0 Å². The molecule has 0 radical (unpaired) electrons. The second-order valence-corrected chi connectivity index (χ2v) is 9.48. The number of anilines is 1. The lowest BCUT2D eigenvalue weighted by atomic mass is 10.3. The van der Waals surface area contributed by atoms with Crippen molar-refractivity contribution in [3.8, 4) is 0 Å². The number of benzene rings is 2. The SMILES string of the molecule is C=CCOC(=O)NCCSc1nc2ccc(NC(=O)CCn3c(=O)oc4ccccc43)cc2s1. The normalized spacial score (nSPS) is 10.9. The number of carbonyl (C=O) groups is 2. The van der Waals surface area contributed by atoms with Gasteiger partial charge < -0.3 is 19.8 Å². The molecule has 4 aromatic rings. The number of fused-ring (bicyclic) bond motifs is 2. The van der Waals surface area contributed by atoms with Crippen LogP contribution >= 0.6 is 23.1 Å². The van der Waals surface area contributed by atoms with Crippen molar-refractivity contribution in [1.82, 2.24) is 14.9 Å². The summed E-state index contributed by atoms with van der Waals surface area (Å²) in [5.74, 6) is -0.0340. The summed E-state index contributed by atoms with van der Waals surface area (Å²) < 4.78 is 13.3. The summed E-state index contributed by atoms with van der Waals surface area (Å²) in [5, 5.41) is 5.53. The van der Waals surface area contributed by atoms with Crippen LogP contribution < -0.4 is 16.4 Å². The third-order valence-electron chi connectivity index (χ3n) is 4.72. The number of thioether (sulfide) groups is 1. The first kappa shape index (κ1) is 23.6. The second-order valence-electron chi connectivity index (χ2n) is 7.11. The number of para-hydroxylation sites is 2. The Labute approximate surface area is 202 Å². The molecule has 0 unspecified atom stereocenters. The summed E-state index contributed by atoms with van der Waals surface area (Å²) in [6, 6.07) is 12.6. The number of alkyl carbamates (subject to hydrolysis) is 1. The number of aryl methyl sites for hydroxylation is 1. The first-order valence-corrected chi connectivity index (χ1v) is 12.3. The van der Waals surface area contributed by atoms with Gasteiger partial charge in [0.2, 0.25) is 5.91 Å². The maximum atomic E-state index is 12.5. The Morgan fingerprint density at radius 2 is 2.12 bits per heavy atom. The van der Waals surface area contributed by atoms with E-state index in [9.17, 15) is 14.4 Å². The molecule has 176 valence electrons. The molecule has 4 rings (SSSR count). The third kappa shape index (κ3) is 5.86. The van der Waals surface area contributed by atoms with E-state index in [-0.39, 0.29) is 25.5 Å². The number of hydrogen-bond donors (Lipinski definition) is 2. The van der Waals surface area contributed by atoms with E-state index in [0.29, 0.717) is 29.1 Å². The van der Waals surface area contributed by atoms with E-state index in [4.69, 9.17) is 9.15 Å². The van der Waals surface area contributed by atoms with Crippen LogP contribution in [0.5, 0.6) is 0 Å². The summed E-state index contributed by atoms with van der Waals surface area (Å²) in [5.41, 5.74) is 2.66. The smallest absolute Gasteiger partial charge is 0.419 e. The van der Waals surface area contributed by atoms with Gasteiger partial charge in [-0.1, -0.05) is 36.5 Å². The van der Waals surface area contributed by atoms with Gasteiger partial charge in [-0.25, -0.2) is 14.6 Å². The molecular weight excluding hydrogens is 476 g/mol. The number of rotatable bonds is 10. The molecule has 2 amide bonds. The van der Waals surface area contributed by atoms with Crippen molar-refractivity contribution < 1.29 is 18.7 Å². The molecule has 0 aliphatic heterocycles. The highest BCUT2D eigenvalue weighted by Gasteiger charge is 2.12. The minimum absolute atomic E-state index is 0.132. The molecule has 0 atom stereocenters. The standard InChI is InChI=1S/C23H22N4O5S2/c1-2-12-31-21(29)24-10-13-33-22-26-16-8-7-15(14-19(16)34-22)25-20(28)9-11-27-17-5-3-4-6-18(17)32-23(27)30/h2-8,14H,1,9-13H2,(H,24,29)(H,25,28). The maximum Gasteiger partial charge on any atom is 0.419 e. The average Bonchev–Trinajstić information content (AvgIpc) is 3.38. The largest absolute Gasteiger partial charge is 0.445 e. The van der Waals surface area contributed by atoms with Gasteiger partial charge in [0.25, 0.3) is 0 Å². The zero-order valence-electron chi connectivity index (χ0n) is 18.1. The van der Waals surface area contributed by atoms with Crippen molar-refractivity contribution in [3.05, 3.63) is 65.7 Å². The highest BCUT2D eigenvalue weighted by molar-refractivity contribution is 8.01. The van der Waals surface area contributed by atoms with Crippen LogP contribution in [0.25, 0.3) is 21.3 Å². The molecule has 0 saturated carbocycles. The van der Waals surface area contributed by atoms with E-state index in [1.807, 2.05) is 18.2 Å². The molecule has 2 N–H and O–H groups in total. The van der Waals surface area contributed by atoms with Crippen LogP contribution in [-0.4, -0.2) is 40.5 Å². The lowest BCUT2D eigenvalue weighted by Crippen LogP contribution is -2.26. The van der Waals surface area contributed by atoms with Gasteiger partial charge >= 0.3 is 11.8 Å². The van der Waals surface area contributed by atoms with Crippen molar-refractivity contribution in [1.29, 1.82) is 0 Å². The molecule has 2 aromatic carbocycles. The summed E-state index contributed by atoms with van der Waals surface area (Å²) in [4.78, 5) is 40.5. The Balaban J connectivity index is 1.30. The number of hydrogen-bond acceptors (Lipinski definition) is 8. The Morgan fingerprint density at radius 3 is 2.97 bits per heavy atom. The topological polar surface area (TPSA) is 115 Å². The maximum absolute atomic E-state index is 12.5. The molecular formula is C23H22N4O5S2. The lowest BCUT2D eigenvalue weighted by molar-refractivity contribution is -0.116. The van der Waals surface area contributed by atoms with Gasteiger partial charge in [-0.2, -0.15) is 0 Å². The predicted octanol–water partition coefficient (Wildman–Crippen LogP) is 4.24. The number of oxazole rings is 1. The Hall–Kier alpha value is -3.57. The first-order valence-electron chi connectivity index (χ1n) is 10.5. The van der Waals surface area contributed by atoms with Gasteiger partial charge in [-0.05, 0) is 30.3 Å². The molecule has 0 fully saturated rings. The van der Waals surface area contributed by atoms with Crippen LogP contribution in [0, 0.1) is 0 Å². The number of carbonyl (C=O) groups excluding carboxylic acids is 2. The molecule has 0 spiro atoms. The summed E-state index contributed by atoms with van der Waals surface area (Å²) >= 11 is 3.04. The molecule has 0 aliphatic carbocycles. The molecule has 0 aliphatic rings. The summed E-state index contributed by atoms with van der Waals surface area (Å²) in [6.07, 6.45) is 1.17. The van der Waals surface area contributed by atoms with Crippen molar-refractivity contribution >= 4 is 62.1 Å². The van der Waals surface area contributed by atoms with Crippen molar-refractivity contribution in [2.45, 2.75) is 17.3 Å². The van der Waals surface area contributed by atoms with Gasteiger partial charge in [-0.3, -0.25) is 9.36 Å². The van der Waals surface area contributed by atoms with Crippen LogP contribution in [-0.2, 0) is 16.1 Å². The molecule has 2 heterocycles. The Morgan fingerprint density at radius 1 is 1.26 bits per heavy atom. The van der Waals surface area contributed by atoms with Crippen LogP contribution in [0.15, 0.2) is 68.7 Å². The van der Waals surface area contributed by atoms with E-state index in [2.05, 4.69) is 22.2 Å². The van der Waals surface area contributed by atoms with Crippen LogP contribution in [0.2, 0.25) is 0 Å². The number of amides is 2. The molecule has 0 saturated heterocycles. The Bertz CT molecular complexity index is 1390. The second kappa shape index (κ2) is 11.0. The number of ether oxygens (including phenoxy) is 1. The number of thiazole rings is 1. The van der Waals surface area contributed by atoms with E-state index in [0.717, 1.165) is 14.6 Å². The van der Waals surface area contributed by atoms with Gasteiger partial charge in [0.15, 0.2) is 9.92 Å². The minimum atomic E-state index is -0.478. The van der Waals surface area contributed by atoms with Gasteiger partial charge in [0.1, 0.15) is 6.61 Å². The highest BCUT2D eigenvalue weighted by Crippen LogP contribution is 2.31. The zero-order chi connectivity index (χ0) is 23.9. The monoisotopic (exact) mass is 498 g/mol. The van der Waals surface area contributed by atoms with Crippen molar-refractivity contribution in [2.75, 3.05) is 24.2 Å². The predicted molar refractivity (Wildman–Crippen MR) is 134 cm³/mol. The number of nitrogens with one attached hydrogen (secondary N) is 2. The molecule has 0 bridgehead atoms.